The quantitative estimate of drug-likeness (QED) is 0.163. The molecule has 0 aliphatic heterocycles. The number of anilines is 3. The van der Waals surface area contributed by atoms with Crippen molar-refractivity contribution in [2.45, 2.75) is 44.9 Å². The van der Waals surface area contributed by atoms with Crippen LogP contribution in [0.4, 0.5) is 17.1 Å². The predicted octanol–water partition coefficient (Wildman–Crippen LogP) is 15.5. The smallest absolute Gasteiger partial charge is 0.0541 e. The fourth-order valence-corrected chi connectivity index (χ4v) is 14.6. The van der Waals surface area contributed by atoms with E-state index < -0.39 is 0 Å². The summed E-state index contributed by atoms with van der Waals surface area (Å²) in [5, 5.41) is 2.59. The monoisotopic (exact) mass is 796 g/mol. The van der Waals surface area contributed by atoms with Crippen molar-refractivity contribution in [2.24, 2.45) is 29.1 Å². The van der Waals surface area contributed by atoms with Gasteiger partial charge in [0.05, 0.1) is 11.0 Å². The fraction of sp³-hybridized carbons (Fsp3) is 0.200. The Morgan fingerprint density at radius 1 is 0.484 bits per heavy atom. The molecule has 14 rings (SSSR count). The van der Waals surface area contributed by atoms with Gasteiger partial charge in [0.25, 0.3) is 0 Å². The van der Waals surface area contributed by atoms with Crippen molar-refractivity contribution < 1.29 is 0 Å². The summed E-state index contributed by atoms with van der Waals surface area (Å²) in [7, 11) is 0. The van der Waals surface area contributed by atoms with Gasteiger partial charge in [-0.05, 0) is 191 Å². The lowest BCUT2D eigenvalue weighted by molar-refractivity contribution is -0.231. The van der Waals surface area contributed by atoms with E-state index in [0.29, 0.717) is 5.41 Å². The zero-order valence-corrected chi connectivity index (χ0v) is 35.4. The zero-order valence-electron chi connectivity index (χ0n) is 35.4. The first-order chi connectivity index (χ1) is 30.5. The summed E-state index contributed by atoms with van der Waals surface area (Å²) in [5.41, 5.74) is 21.9. The Kier molecular flexibility index (Phi) is 7.05. The molecule has 0 saturated heterocycles. The molecule has 0 N–H and O–H groups in total. The molecule has 2 spiro atoms. The molecule has 2 bridgehead atoms. The largest absolute Gasteiger partial charge is 0.310 e. The fourth-order valence-electron chi connectivity index (χ4n) is 14.6. The van der Waals surface area contributed by atoms with E-state index in [0.717, 1.165) is 23.7 Å². The van der Waals surface area contributed by atoms with E-state index >= 15 is 0 Å². The highest BCUT2D eigenvalue weighted by molar-refractivity contribution is 6.09. The molecule has 1 heterocycles. The number of aryl methyl sites for hydroxylation is 2. The summed E-state index contributed by atoms with van der Waals surface area (Å²) in [6.07, 6.45) is 5.77. The molecule has 5 aliphatic carbocycles. The molecule has 0 radical (unpaired) electrons. The number of nitrogens with zero attached hydrogens (tertiary/aromatic N) is 2. The summed E-state index contributed by atoms with van der Waals surface area (Å²) in [4.78, 5) is 2.48. The van der Waals surface area contributed by atoms with E-state index in [1.165, 1.54) is 115 Å². The van der Waals surface area contributed by atoms with Crippen molar-refractivity contribution in [3.63, 3.8) is 0 Å². The first kappa shape index (κ1) is 35.0. The highest BCUT2D eigenvalue weighted by Gasteiger charge is 2.84. The third kappa shape index (κ3) is 4.45. The minimum Gasteiger partial charge on any atom is -0.310 e. The van der Waals surface area contributed by atoms with Crippen LogP contribution in [0, 0.1) is 42.9 Å². The maximum Gasteiger partial charge on any atom is 0.0541 e. The molecule has 4 fully saturated rings. The second-order valence-electron chi connectivity index (χ2n) is 19.5. The van der Waals surface area contributed by atoms with Crippen LogP contribution in [-0.2, 0) is 5.41 Å². The molecular formula is C60H48N2. The van der Waals surface area contributed by atoms with Crippen molar-refractivity contribution in [1.82, 2.24) is 4.57 Å². The molecule has 298 valence electrons. The average Bonchev–Trinajstić information content (AvgIpc) is 4.03. The molecule has 6 atom stereocenters. The topological polar surface area (TPSA) is 8.17 Å². The number of aromatic nitrogens is 1. The standard InChI is InChI=1S/C60H48N2/c1-37-11-10-14-46(29-37)61(44-23-19-41(20-24-44)40-12-4-3-5-13-40)47-27-28-53-51(34-47)52-35-50(38(2)30-54(52)60(53)57-32-39-31-43-33-58(60)59(43,57)36-39)42-21-25-45(26-22-42)62-55-17-8-6-15-48(55)49-16-7-9-18-56(49)62/h3-30,34-35,39,43,57-58H,31-33,36H2,1-2H3. The molecule has 6 unspecified atom stereocenters. The Morgan fingerprint density at radius 2 is 1.13 bits per heavy atom. The first-order valence-corrected chi connectivity index (χ1v) is 22.9. The predicted molar refractivity (Wildman–Crippen MR) is 257 cm³/mol. The lowest BCUT2D eigenvalue weighted by Gasteiger charge is -2.76. The molecule has 8 aromatic carbocycles. The summed E-state index contributed by atoms with van der Waals surface area (Å²) in [6.45, 7) is 4.58. The average molecular weight is 797 g/mol. The van der Waals surface area contributed by atoms with Crippen LogP contribution in [0.1, 0.15) is 47.9 Å². The third-order valence-corrected chi connectivity index (χ3v) is 16.8. The molecule has 9 aromatic rings. The molecule has 0 amide bonds. The Morgan fingerprint density at radius 3 is 1.87 bits per heavy atom. The maximum atomic E-state index is 2.65. The van der Waals surface area contributed by atoms with E-state index in [-0.39, 0.29) is 5.41 Å². The van der Waals surface area contributed by atoms with E-state index in [1.54, 1.807) is 11.1 Å². The minimum absolute atomic E-state index is 0.129. The summed E-state index contributed by atoms with van der Waals surface area (Å²) >= 11 is 0. The minimum atomic E-state index is 0.129. The van der Waals surface area contributed by atoms with Crippen molar-refractivity contribution in [2.75, 3.05) is 4.90 Å². The Bertz CT molecular complexity index is 3250. The molecule has 62 heavy (non-hydrogen) atoms. The lowest BCUT2D eigenvalue weighted by Crippen LogP contribution is -2.73. The van der Waals surface area contributed by atoms with Crippen LogP contribution in [0.5, 0.6) is 0 Å². The van der Waals surface area contributed by atoms with Gasteiger partial charge in [0.15, 0.2) is 0 Å². The molecule has 1 aromatic heterocycles. The molecular weight excluding hydrogens is 749 g/mol. The second-order valence-corrected chi connectivity index (χ2v) is 19.5. The molecule has 2 nitrogen and oxygen atoms in total. The Balaban J connectivity index is 0.923. The van der Waals surface area contributed by atoms with Gasteiger partial charge in [-0.3, -0.25) is 0 Å². The van der Waals surface area contributed by atoms with Gasteiger partial charge in [0, 0.05) is 38.9 Å². The van der Waals surface area contributed by atoms with Gasteiger partial charge in [-0.15, -0.1) is 0 Å². The van der Waals surface area contributed by atoms with Crippen LogP contribution in [-0.4, -0.2) is 4.57 Å². The van der Waals surface area contributed by atoms with Crippen LogP contribution in [0.2, 0.25) is 0 Å². The Labute approximate surface area is 364 Å². The Hall–Kier alpha value is -6.64. The van der Waals surface area contributed by atoms with Gasteiger partial charge in [-0.2, -0.15) is 0 Å². The van der Waals surface area contributed by atoms with Gasteiger partial charge < -0.3 is 9.47 Å². The SMILES string of the molecule is Cc1cccc(N(c2ccc(-c3ccccc3)cc2)c2ccc3c(c2)-c2cc(-c4ccc(-n5c6ccccc6c6ccccc65)cc4)c(C)cc2C32C3CC4CC5CC2C53C4)c1. The highest BCUT2D eigenvalue weighted by Crippen LogP contribution is 2.89. The van der Waals surface area contributed by atoms with Crippen molar-refractivity contribution in [1.29, 1.82) is 0 Å². The van der Waals surface area contributed by atoms with Gasteiger partial charge in [0.1, 0.15) is 0 Å². The number of hydrogen-bond acceptors (Lipinski definition) is 1. The number of fused-ring (bicyclic) bond motifs is 11. The summed E-state index contributed by atoms with van der Waals surface area (Å²) in [5.74, 6) is 3.40. The van der Waals surface area contributed by atoms with Gasteiger partial charge >= 0.3 is 0 Å². The number of benzene rings is 8. The van der Waals surface area contributed by atoms with Crippen LogP contribution in [0.15, 0.2) is 182 Å². The highest BCUT2D eigenvalue weighted by atomic mass is 15.1. The molecule has 5 aliphatic rings. The number of hydrogen-bond donors (Lipinski definition) is 0. The molecule has 2 heteroatoms. The van der Waals surface area contributed by atoms with E-state index in [9.17, 15) is 0 Å². The van der Waals surface area contributed by atoms with E-state index in [4.69, 9.17) is 0 Å². The van der Waals surface area contributed by atoms with E-state index in [2.05, 4.69) is 205 Å². The van der Waals surface area contributed by atoms with E-state index in [1.807, 2.05) is 0 Å². The van der Waals surface area contributed by atoms with Crippen molar-refractivity contribution in [3.05, 3.63) is 204 Å². The molecule has 4 saturated carbocycles. The summed E-state index contributed by atoms with van der Waals surface area (Å²) in [6, 6.07) is 68.7. The van der Waals surface area contributed by atoms with Crippen molar-refractivity contribution in [3.8, 4) is 39.1 Å². The number of rotatable bonds is 6. The van der Waals surface area contributed by atoms with Crippen molar-refractivity contribution >= 4 is 38.9 Å². The normalized spacial score (nSPS) is 24.5. The van der Waals surface area contributed by atoms with Crippen LogP contribution in [0.25, 0.3) is 60.9 Å². The van der Waals surface area contributed by atoms with Crippen LogP contribution in [0.3, 0.4) is 0 Å². The van der Waals surface area contributed by atoms with Gasteiger partial charge in [-0.25, -0.2) is 0 Å². The number of para-hydroxylation sites is 2. The summed E-state index contributed by atoms with van der Waals surface area (Å²) < 4.78 is 2.42. The second kappa shape index (κ2) is 12.5. The zero-order chi connectivity index (χ0) is 40.9. The van der Waals surface area contributed by atoms with Gasteiger partial charge in [0.2, 0.25) is 0 Å². The van der Waals surface area contributed by atoms with Gasteiger partial charge in [-0.1, -0.05) is 115 Å². The lowest BCUT2D eigenvalue weighted by atomic mass is 9.27. The first-order valence-electron chi connectivity index (χ1n) is 22.9. The third-order valence-electron chi connectivity index (χ3n) is 16.8. The van der Waals surface area contributed by atoms with Crippen LogP contribution < -0.4 is 4.90 Å². The maximum absolute atomic E-state index is 2.65. The van der Waals surface area contributed by atoms with Crippen LogP contribution >= 0.6 is 0 Å².